The molecule has 1 aliphatic rings. The van der Waals surface area contributed by atoms with Crippen LogP contribution in [0.2, 0.25) is 0 Å². The molecular weight excluding hydrogens is 250 g/mol. The van der Waals surface area contributed by atoms with Gasteiger partial charge in [-0.05, 0) is 48.4 Å². The van der Waals surface area contributed by atoms with Crippen molar-refractivity contribution in [3.8, 4) is 0 Å². The number of rotatable bonds is 4. The minimum absolute atomic E-state index is 0.0739. The third kappa shape index (κ3) is 3.49. The van der Waals surface area contributed by atoms with Crippen LogP contribution in [0.4, 0.5) is 8.78 Å². The molecule has 0 aliphatic carbocycles. The maximum Gasteiger partial charge on any atom is 0.126 e. The number of hydrazine groups is 1. The van der Waals surface area contributed by atoms with Gasteiger partial charge in [-0.25, -0.2) is 8.78 Å². The summed E-state index contributed by atoms with van der Waals surface area (Å²) in [5.41, 5.74) is 3.12. The van der Waals surface area contributed by atoms with E-state index in [1.54, 1.807) is 0 Å². The molecule has 1 aromatic rings. The van der Waals surface area contributed by atoms with E-state index in [9.17, 15) is 8.78 Å². The molecule has 0 saturated carbocycles. The Hall–Kier alpha value is -1.04. The molecular formula is C14H20F2N2O. The summed E-state index contributed by atoms with van der Waals surface area (Å²) in [7, 11) is 0. The average molecular weight is 270 g/mol. The predicted molar refractivity (Wildman–Crippen MR) is 69.3 cm³/mol. The van der Waals surface area contributed by atoms with Crippen LogP contribution in [0.25, 0.3) is 0 Å². The molecule has 0 amide bonds. The molecule has 19 heavy (non-hydrogen) atoms. The van der Waals surface area contributed by atoms with Gasteiger partial charge in [-0.2, -0.15) is 0 Å². The third-order valence-electron chi connectivity index (χ3n) is 3.89. The lowest BCUT2D eigenvalue weighted by Crippen LogP contribution is -2.47. The molecule has 0 spiro atoms. The molecule has 1 fully saturated rings. The highest BCUT2D eigenvalue weighted by Gasteiger charge is 2.29. The van der Waals surface area contributed by atoms with Gasteiger partial charge in [0.15, 0.2) is 0 Å². The van der Waals surface area contributed by atoms with Crippen LogP contribution in [0, 0.1) is 23.5 Å². The molecule has 5 heteroatoms. The largest absolute Gasteiger partial charge is 0.381 e. The van der Waals surface area contributed by atoms with Crippen molar-refractivity contribution >= 4 is 0 Å². The molecule has 2 rings (SSSR count). The van der Waals surface area contributed by atoms with Crippen LogP contribution in [0.1, 0.15) is 18.9 Å². The van der Waals surface area contributed by atoms with E-state index in [2.05, 4.69) is 12.3 Å². The number of nitrogens with one attached hydrogen (secondary N) is 1. The zero-order valence-electron chi connectivity index (χ0n) is 11.0. The molecule has 3 N–H and O–H groups in total. The Bertz CT molecular complexity index is 428. The van der Waals surface area contributed by atoms with Crippen LogP contribution in [0.15, 0.2) is 18.2 Å². The van der Waals surface area contributed by atoms with Gasteiger partial charge in [0.25, 0.3) is 0 Å². The second-order valence-electron chi connectivity index (χ2n) is 5.22. The van der Waals surface area contributed by atoms with Crippen LogP contribution >= 0.6 is 0 Å². The summed E-state index contributed by atoms with van der Waals surface area (Å²) in [6.07, 6.45) is 1.27. The summed E-state index contributed by atoms with van der Waals surface area (Å²) in [5, 5.41) is 0. The van der Waals surface area contributed by atoms with Crippen molar-refractivity contribution in [2.75, 3.05) is 13.2 Å². The first-order valence-electron chi connectivity index (χ1n) is 6.59. The van der Waals surface area contributed by atoms with E-state index < -0.39 is 5.82 Å². The fraction of sp³-hybridized carbons (Fsp3) is 0.571. The Labute approximate surface area is 112 Å². The molecule has 1 saturated heterocycles. The van der Waals surface area contributed by atoms with Gasteiger partial charge in [-0.3, -0.25) is 11.3 Å². The van der Waals surface area contributed by atoms with E-state index in [4.69, 9.17) is 10.6 Å². The van der Waals surface area contributed by atoms with Gasteiger partial charge in [0.1, 0.15) is 11.6 Å². The minimum Gasteiger partial charge on any atom is -0.381 e. The van der Waals surface area contributed by atoms with E-state index >= 15 is 0 Å². The monoisotopic (exact) mass is 270 g/mol. The maximum atomic E-state index is 13.7. The number of hydrogen-bond acceptors (Lipinski definition) is 3. The van der Waals surface area contributed by atoms with E-state index in [1.165, 1.54) is 6.07 Å². The Morgan fingerprint density at radius 2 is 2.26 bits per heavy atom. The first kappa shape index (κ1) is 14.4. The lowest BCUT2D eigenvalue weighted by atomic mass is 9.81. The molecule has 106 valence electrons. The number of ether oxygens (including phenoxy) is 1. The molecule has 1 heterocycles. The van der Waals surface area contributed by atoms with Gasteiger partial charge in [0.05, 0.1) is 0 Å². The SMILES string of the molecule is CC1COCCC1C(Cc1cc(F)ccc1F)NN. The quantitative estimate of drug-likeness (QED) is 0.650. The van der Waals surface area contributed by atoms with Crippen LogP contribution in [-0.4, -0.2) is 19.3 Å². The fourth-order valence-corrected chi connectivity index (χ4v) is 2.77. The van der Waals surface area contributed by atoms with Gasteiger partial charge < -0.3 is 4.74 Å². The van der Waals surface area contributed by atoms with Crippen molar-refractivity contribution in [3.63, 3.8) is 0 Å². The van der Waals surface area contributed by atoms with Crippen molar-refractivity contribution < 1.29 is 13.5 Å². The second kappa shape index (κ2) is 6.41. The maximum absolute atomic E-state index is 13.7. The smallest absolute Gasteiger partial charge is 0.126 e. The van der Waals surface area contributed by atoms with E-state index in [0.717, 1.165) is 18.6 Å². The summed E-state index contributed by atoms with van der Waals surface area (Å²) < 4.78 is 32.2. The normalized spacial score (nSPS) is 25.3. The molecule has 1 aromatic carbocycles. The fourth-order valence-electron chi connectivity index (χ4n) is 2.77. The molecule has 1 aliphatic heterocycles. The Morgan fingerprint density at radius 3 is 2.95 bits per heavy atom. The van der Waals surface area contributed by atoms with Crippen LogP contribution in [-0.2, 0) is 11.2 Å². The van der Waals surface area contributed by atoms with E-state index in [1.807, 2.05) is 0 Å². The van der Waals surface area contributed by atoms with Crippen molar-refractivity contribution in [1.82, 2.24) is 5.43 Å². The molecule has 3 unspecified atom stereocenters. The third-order valence-corrected chi connectivity index (χ3v) is 3.89. The zero-order chi connectivity index (χ0) is 13.8. The molecule has 0 radical (unpaired) electrons. The zero-order valence-corrected chi connectivity index (χ0v) is 11.0. The Kier molecular flexibility index (Phi) is 4.85. The van der Waals surface area contributed by atoms with Gasteiger partial charge in [-0.1, -0.05) is 6.92 Å². The highest BCUT2D eigenvalue weighted by atomic mass is 19.1. The topological polar surface area (TPSA) is 47.3 Å². The average Bonchev–Trinajstić information content (AvgIpc) is 2.41. The Balaban J connectivity index is 2.11. The van der Waals surface area contributed by atoms with Crippen molar-refractivity contribution in [3.05, 3.63) is 35.4 Å². The van der Waals surface area contributed by atoms with Crippen LogP contribution in [0.5, 0.6) is 0 Å². The molecule has 0 bridgehead atoms. The van der Waals surface area contributed by atoms with Crippen molar-refractivity contribution in [2.45, 2.75) is 25.8 Å². The standard InChI is InChI=1S/C14H20F2N2O/c1-9-8-19-5-4-12(9)14(18-17)7-10-6-11(15)2-3-13(10)16/h2-3,6,9,12,14,18H,4-5,7-8,17H2,1H3. The lowest BCUT2D eigenvalue weighted by molar-refractivity contribution is 0.0108. The lowest BCUT2D eigenvalue weighted by Gasteiger charge is -2.35. The summed E-state index contributed by atoms with van der Waals surface area (Å²) in [6, 6.07) is 3.45. The number of halogens is 2. The van der Waals surface area contributed by atoms with Crippen molar-refractivity contribution in [1.29, 1.82) is 0 Å². The van der Waals surface area contributed by atoms with Gasteiger partial charge in [0, 0.05) is 19.3 Å². The molecule has 0 aromatic heterocycles. The highest BCUT2D eigenvalue weighted by Crippen LogP contribution is 2.27. The van der Waals surface area contributed by atoms with Crippen molar-refractivity contribution in [2.24, 2.45) is 17.7 Å². The molecule has 3 atom stereocenters. The van der Waals surface area contributed by atoms with Gasteiger partial charge in [0.2, 0.25) is 0 Å². The summed E-state index contributed by atoms with van der Waals surface area (Å²) in [6.45, 7) is 3.48. The number of hydrogen-bond donors (Lipinski definition) is 2. The summed E-state index contributed by atoms with van der Waals surface area (Å²) in [5.74, 6) is 5.44. The van der Waals surface area contributed by atoms with E-state index in [-0.39, 0.29) is 11.9 Å². The Morgan fingerprint density at radius 1 is 1.47 bits per heavy atom. The highest BCUT2D eigenvalue weighted by molar-refractivity contribution is 5.20. The van der Waals surface area contributed by atoms with Crippen LogP contribution in [0.3, 0.4) is 0 Å². The van der Waals surface area contributed by atoms with Gasteiger partial charge >= 0.3 is 0 Å². The summed E-state index contributed by atoms with van der Waals surface area (Å²) >= 11 is 0. The minimum atomic E-state index is -0.424. The predicted octanol–water partition coefficient (Wildman–Crippen LogP) is 2.01. The molecule has 3 nitrogen and oxygen atoms in total. The van der Waals surface area contributed by atoms with Gasteiger partial charge in [-0.15, -0.1) is 0 Å². The number of nitrogens with two attached hydrogens (primary N) is 1. The van der Waals surface area contributed by atoms with Crippen LogP contribution < -0.4 is 11.3 Å². The second-order valence-corrected chi connectivity index (χ2v) is 5.22. The summed E-state index contributed by atoms with van der Waals surface area (Å²) in [4.78, 5) is 0. The first-order chi connectivity index (χ1) is 9.11. The first-order valence-corrected chi connectivity index (χ1v) is 6.59. The number of benzene rings is 1. The van der Waals surface area contributed by atoms with E-state index in [0.29, 0.717) is 37.0 Å².